The molecule has 3 atom stereocenters. The van der Waals surface area contributed by atoms with Gasteiger partial charge in [0.2, 0.25) is 0 Å². The van der Waals surface area contributed by atoms with Crippen molar-refractivity contribution in [2.24, 2.45) is 0 Å². The second-order valence-corrected chi connectivity index (χ2v) is 11.8. The maximum absolute atomic E-state index is 9.68. The predicted molar refractivity (Wildman–Crippen MR) is 198 cm³/mol. The van der Waals surface area contributed by atoms with Gasteiger partial charge < -0.3 is 49.7 Å². The van der Waals surface area contributed by atoms with Gasteiger partial charge in [0.15, 0.2) is 0 Å². The van der Waals surface area contributed by atoms with Gasteiger partial charge in [-0.2, -0.15) is 0 Å². The quantitative estimate of drug-likeness (QED) is 0.0677. The van der Waals surface area contributed by atoms with Gasteiger partial charge >= 0.3 is 0 Å². The molecule has 3 unspecified atom stereocenters. The first-order valence-corrected chi connectivity index (χ1v) is 16.6. The average Bonchev–Trinajstić information content (AvgIpc) is 3.19. The number of nitrogens with zero attached hydrogens (tertiary/aromatic N) is 1. The van der Waals surface area contributed by atoms with Gasteiger partial charge in [-0.3, -0.25) is 0 Å². The van der Waals surface area contributed by atoms with Gasteiger partial charge in [-0.05, 0) is 95.1 Å². The molecular formula is C41H43NO9. The van der Waals surface area contributed by atoms with Gasteiger partial charge in [0.1, 0.15) is 55.4 Å². The minimum absolute atomic E-state index is 0.0132. The molecule has 0 aliphatic rings. The molecule has 10 nitrogen and oxygen atoms in total. The van der Waals surface area contributed by atoms with E-state index in [1.165, 1.54) is 0 Å². The van der Waals surface area contributed by atoms with Crippen molar-refractivity contribution >= 4 is 29.2 Å². The van der Waals surface area contributed by atoms with E-state index >= 15 is 0 Å². The molecule has 0 radical (unpaired) electrons. The molecule has 5 aromatic carbocycles. The number of anilines is 3. The van der Waals surface area contributed by atoms with Crippen molar-refractivity contribution in [3.05, 3.63) is 132 Å². The summed E-state index contributed by atoms with van der Waals surface area (Å²) in [5.74, 6) is 1.78. The van der Waals surface area contributed by atoms with Crippen LogP contribution >= 0.6 is 0 Å². The highest BCUT2D eigenvalue weighted by molar-refractivity contribution is 5.80. The number of hydrogen-bond donors (Lipinski definition) is 6. The number of aliphatic hydroxyl groups is 6. The highest BCUT2D eigenvalue weighted by Crippen LogP contribution is 2.37. The van der Waals surface area contributed by atoms with Crippen LogP contribution in [-0.2, 0) is 0 Å². The van der Waals surface area contributed by atoms with Crippen molar-refractivity contribution in [3.63, 3.8) is 0 Å². The molecule has 5 rings (SSSR count). The standard InChI is InChI=1S/C41H43NO9/c43-23-36(46)26-49-39-17-5-30(6-18-39)2-1-29-3-11-33(12-4-29)42(35-15-21-41(22-16-35)51-28-38(48)25-45)34-13-7-31(8-14-34)32-9-19-40(20-10-32)50-27-37(47)24-44/h1-22,36-38,43-48H,23-28H2. The third-order valence-electron chi connectivity index (χ3n) is 7.87. The highest BCUT2D eigenvalue weighted by atomic mass is 16.5. The first-order valence-electron chi connectivity index (χ1n) is 16.6. The SMILES string of the molecule is OCC(O)COc1ccc(C=Cc2ccc(N(c3ccc(OCC(O)CO)cc3)c3ccc(-c4ccc(OCC(O)CO)cc4)cc3)cc2)cc1. The monoisotopic (exact) mass is 693 g/mol. The van der Waals surface area contributed by atoms with Crippen molar-refractivity contribution in [2.75, 3.05) is 44.5 Å². The van der Waals surface area contributed by atoms with Crippen LogP contribution in [0.4, 0.5) is 17.1 Å². The van der Waals surface area contributed by atoms with Crippen molar-refractivity contribution in [2.45, 2.75) is 18.3 Å². The second-order valence-electron chi connectivity index (χ2n) is 11.8. The number of rotatable bonds is 18. The molecule has 0 aliphatic carbocycles. The normalized spacial score (nSPS) is 13.1. The van der Waals surface area contributed by atoms with Crippen LogP contribution in [0.3, 0.4) is 0 Å². The molecule has 10 heteroatoms. The smallest absolute Gasteiger partial charge is 0.119 e. The molecule has 0 amide bonds. The van der Waals surface area contributed by atoms with Crippen molar-refractivity contribution < 1.29 is 44.8 Å². The molecule has 0 fully saturated rings. The maximum Gasteiger partial charge on any atom is 0.119 e. The summed E-state index contributed by atoms with van der Waals surface area (Å²) in [7, 11) is 0. The fourth-order valence-corrected chi connectivity index (χ4v) is 5.02. The van der Waals surface area contributed by atoms with E-state index in [0.29, 0.717) is 17.2 Å². The molecule has 0 spiro atoms. The van der Waals surface area contributed by atoms with Crippen LogP contribution in [0.5, 0.6) is 17.2 Å². The Bertz CT molecular complexity index is 1780. The van der Waals surface area contributed by atoms with Crippen molar-refractivity contribution in [3.8, 4) is 28.4 Å². The summed E-state index contributed by atoms with van der Waals surface area (Å²) >= 11 is 0. The Hall–Kier alpha value is -5.20. The van der Waals surface area contributed by atoms with Gasteiger partial charge in [-0.25, -0.2) is 0 Å². The van der Waals surface area contributed by atoms with E-state index < -0.39 is 18.3 Å². The van der Waals surface area contributed by atoms with Gasteiger partial charge in [0.25, 0.3) is 0 Å². The number of hydrogen-bond acceptors (Lipinski definition) is 10. The minimum atomic E-state index is -0.957. The molecule has 0 bridgehead atoms. The van der Waals surface area contributed by atoms with E-state index in [9.17, 15) is 15.3 Å². The van der Waals surface area contributed by atoms with Crippen molar-refractivity contribution in [1.82, 2.24) is 0 Å². The first-order chi connectivity index (χ1) is 24.8. The van der Waals surface area contributed by atoms with E-state index in [1.54, 1.807) is 0 Å². The molecule has 0 aliphatic heterocycles. The Labute approximate surface area is 297 Å². The van der Waals surface area contributed by atoms with Crippen molar-refractivity contribution in [1.29, 1.82) is 0 Å². The van der Waals surface area contributed by atoms with Crippen LogP contribution in [0.2, 0.25) is 0 Å². The topological polar surface area (TPSA) is 152 Å². The summed E-state index contributed by atoms with van der Waals surface area (Å²) in [5.41, 5.74) is 6.74. The first kappa shape index (κ1) is 37.1. The fourth-order valence-electron chi connectivity index (χ4n) is 5.02. The second kappa shape index (κ2) is 18.7. The molecule has 0 aromatic heterocycles. The Morgan fingerprint density at radius 1 is 0.412 bits per heavy atom. The number of benzene rings is 5. The molecule has 6 N–H and O–H groups in total. The summed E-state index contributed by atoms with van der Waals surface area (Å²) in [5, 5.41) is 55.8. The predicted octanol–water partition coefficient (Wildman–Crippen LogP) is 5.19. The van der Waals surface area contributed by atoms with E-state index in [2.05, 4.69) is 4.90 Å². The fraction of sp³-hybridized carbons (Fsp3) is 0.220. The third kappa shape index (κ3) is 10.9. The average molecular weight is 694 g/mol. The molecule has 5 aromatic rings. The van der Waals surface area contributed by atoms with Gasteiger partial charge in [-0.1, -0.05) is 60.7 Å². The molecular weight excluding hydrogens is 650 g/mol. The van der Waals surface area contributed by atoms with Crippen LogP contribution in [0, 0.1) is 0 Å². The molecule has 0 saturated carbocycles. The third-order valence-corrected chi connectivity index (χ3v) is 7.87. The summed E-state index contributed by atoms with van der Waals surface area (Å²) in [6.07, 6.45) is 1.22. The number of aliphatic hydroxyl groups excluding tert-OH is 6. The molecule has 0 heterocycles. The maximum atomic E-state index is 9.68. The van der Waals surface area contributed by atoms with E-state index in [4.69, 9.17) is 29.5 Å². The van der Waals surface area contributed by atoms with Crippen LogP contribution in [0.25, 0.3) is 23.3 Å². The van der Waals surface area contributed by atoms with Gasteiger partial charge in [0.05, 0.1) is 19.8 Å². The molecule has 266 valence electrons. The lowest BCUT2D eigenvalue weighted by Crippen LogP contribution is -2.21. The Kier molecular flexibility index (Phi) is 13.6. The molecule has 51 heavy (non-hydrogen) atoms. The van der Waals surface area contributed by atoms with E-state index in [0.717, 1.165) is 39.3 Å². The lowest BCUT2D eigenvalue weighted by Gasteiger charge is -2.26. The largest absolute Gasteiger partial charge is 0.491 e. The van der Waals surface area contributed by atoms with Crippen LogP contribution in [-0.4, -0.2) is 88.6 Å². The van der Waals surface area contributed by atoms with E-state index in [-0.39, 0.29) is 39.6 Å². The van der Waals surface area contributed by atoms with Crippen LogP contribution < -0.4 is 19.1 Å². The zero-order valence-corrected chi connectivity index (χ0v) is 28.0. The van der Waals surface area contributed by atoms with Gasteiger partial charge in [-0.15, -0.1) is 0 Å². The summed E-state index contributed by atoms with van der Waals surface area (Å²) < 4.78 is 16.6. The summed E-state index contributed by atoms with van der Waals surface area (Å²) in [4.78, 5) is 2.12. The Balaban J connectivity index is 1.34. The van der Waals surface area contributed by atoms with Crippen LogP contribution in [0.15, 0.2) is 121 Å². The number of ether oxygens (including phenoxy) is 3. The van der Waals surface area contributed by atoms with Gasteiger partial charge in [0, 0.05) is 17.1 Å². The summed E-state index contributed by atoms with van der Waals surface area (Å²) in [6, 6.07) is 38.9. The molecule has 0 saturated heterocycles. The highest BCUT2D eigenvalue weighted by Gasteiger charge is 2.14. The Morgan fingerprint density at radius 3 is 1.06 bits per heavy atom. The Morgan fingerprint density at radius 2 is 0.686 bits per heavy atom. The van der Waals surface area contributed by atoms with E-state index in [1.807, 2.05) is 133 Å². The zero-order valence-electron chi connectivity index (χ0n) is 28.0. The lowest BCUT2D eigenvalue weighted by molar-refractivity contribution is 0.0536. The minimum Gasteiger partial charge on any atom is -0.491 e. The zero-order chi connectivity index (χ0) is 36.0. The van der Waals surface area contributed by atoms with Crippen LogP contribution in [0.1, 0.15) is 11.1 Å². The summed E-state index contributed by atoms with van der Waals surface area (Å²) in [6.45, 7) is -1.06. The lowest BCUT2D eigenvalue weighted by atomic mass is 10.0.